The molecule has 0 bridgehead atoms. The van der Waals surface area contributed by atoms with Crippen molar-refractivity contribution in [1.29, 1.82) is 0 Å². The van der Waals surface area contributed by atoms with Crippen LogP contribution in [0.15, 0.2) is 18.3 Å². The fraction of sp³-hybridized carbons (Fsp3) is 0.500. The van der Waals surface area contributed by atoms with Crippen LogP contribution in [0.1, 0.15) is 12.0 Å². The Morgan fingerprint density at radius 3 is 3.00 bits per heavy atom. The summed E-state index contributed by atoms with van der Waals surface area (Å²) < 4.78 is 6.97. The maximum atomic E-state index is 12.0. The van der Waals surface area contributed by atoms with Crippen molar-refractivity contribution >= 4 is 17.5 Å². The van der Waals surface area contributed by atoms with Crippen molar-refractivity contribution in [3.63, 3.8) is 0 Å². The molecule has 2 aromatic heterocycles. The van der Waals surface area contributed by atoms with Crippen LogP contribution < -0.4 is 5.32 Å². The predicted molar refractivity (Wildman–Crippen MR) is 78.2 cm³/mol. The van der Waals surface area contributed by atoms with Crippen molar-refractivity contribution in [1.82, 2.24) is 19.5 Å². The minimum Gasteiger partial charge on any atom is -0.378 e. The summed E-state index contributed by atoms with van der Waals surface area (Å²) in [5.41, 5.74) is 1.90. The number of amides is 1. The maximum absolute atomic E-state index is 12.0. The molecule has 1 N–H and O–H groups in total. The number of hydrogen-bond acceptors (Lipinski definition) is 5. The Morgan fingerprint density at radius 1 is 1.43 bits per heavy atom. The molecule has 0 radical (unpaired) electrons. The topological polar surface area (TPSA) is 71.8 Å². The molecule has 21 heavy (non-hydrogen) atoms. The molecule has 0 spiro atoms. The highest BCUT2D eigenvalue weighted by Crippen LogP contribution is 2.09. The number of aromatic nitrogens is 3. The summed E-state index contributed by atoms with van der Waals surface area (Å²) in [6.07, 6.45) is 2.30. The maximum Gasteiger partial charge on any atom is 0.243 e. The van der Waals surface area contributed by atoms with E-state index in [0.29, 0.717) is 45.2 Å². The SMILES string of the molecule is Cc1cccn2nc(NCCC(=O)N3CCOCC3)nc12. The fourth-order valence-corrected chi connectivity index (χ4v) is 2.37. The lowest BCUT2D eigenvalue weighted by molar-refractivity contribution is -0.134. The Bertz CT molecular complexity index is 633. The molecule has 0 atom stereocenters. The standard InChI is InChI=1S/C14H19N5O2/c1-11-3-2-6-19-13(11)16-14(17-19)15-5-4-12(20)18-7-9-21-10-8-18/h2-3,6H,4-5,7-10H2,1H3,(H,15,17). The minimum absolute atomic E-state index is 0.144. The molecular formula is C14H19N5O2. The van der Waals surface area contributed by atoms with E-state index >= 15 is 0 Å². The van der Waals surface area contributed by atoms with Crippen molar-refractivity contribution < 1.29 is 9.53 Å². The molecule has 112 valence electrons. The second-order valence-corrected chi connectivity index (χ2v) is 5.06. The first-order valence-corrected chi connectivity index (χ1v) is 7.15. The monoisotopic (exact) mass is 289 g/mol. The lowest BCUT2D eigenvalue weighted by Gasteiger charge is -2.26. The van der Waals surface area contributed by atoms with Crippen LogP contribution in [0.2, 0.25) is 0 Å². The molecule has 1 aliphatic rings. The molecule has 3 rings (SSSR count). The molecular weight excluding hydrogens is 270 g/mol. The first-order chi connectivity index (χ1) is 10.2. The molecule has 2 aromatic rings. The van der Waals surface area contributed by atoms with E-state index in [1.54, 1.807) is 4.52 Å². The molecule has 7 nitrogen and oxygen atoms in total. The van der Waals surface area contributed by atoms with Crippen LogP contribution >= 0.6 is 0 Å². The summed E-state index contributed by atoms with van der Waals surface area (Å²) in [5.74, 6) is 0.699. The first-order valence-electron chi connectivity index (χ1n) is 7.15. The second kappa shape index (κ2) is 6.09. The lowest BCUT2D eigenvalue weighted by Crippen LogP contribution is -2.41. The predicted octanol–water partition coefficient (Wildman–Crippen LogP) is 0.699. The largest absolute Gasteiger partial charge is 0.378 e. The van der Waals surface area contributed by atoms with Crippen molar-refractivity contribution in [2.24, 2.45) is 0 Å². The molecule has 7 heteroatoms. The van der Waals surface area contributed by atoms with Crippen LogP contribution in [0.25, 0.3) is 5.65 Å². The van der Waals surface area contributed by atoms with Gasteiger partial charge in [0.25, 0.3) is 0 Å². The fourth-order valence-electron chi connectivity index (χ4n) is 2.37. The summed E-state index contributed by atoms with van der Waals surface area (Å²) in [4.78, 5) is 18.3. The van der Waals surface area contributed by atoms with Crippen LogP contribution in [-0.4, -0.2) is 58.3 Å². The molecule has 1 aliphatic heterocycles. The molecule has 1 fully saturated rings. The molecule has 1 saturated heterocycles. The first kappa shape index (κ1) is 13.8. The summed E-state index contributed by atoms with van der Waals surface area (Å²) in [6, 6.07) is 3.93. The highest BCUT2D eigenvalue weighted by atomic mass is 16.5. The van der Waals surface area contributed by atoms with Crippen LogP contribution in [-0.2, 0) is 9.53 Å². The van der Waals surface area contributed by atoms with E-state index in [0.717, 1.165) is 11.2 Å². The Morgan fingerprint density at radius 2 is 2.24 bits per heavy atom. The number of aryl methyl sites for hydroxylation is 1. The second-order valence-electron chi connectivity index (χ2n) is 5.06. The van der Waals surface area contributed by atoms with Gasteiger partial charge in [-0.25, -0.2) is 4.52 Å². The molecule has 3 heterocycles. The number of pyridine rings is 1. The summed E-state index contributed by atoms with van der Waals surface area (Å²) in [7, 11) is 0. The van der Waals surface area contributed by atoms with Gasteiger partial charge in [-0.15, -0.1) is 5.10 Å². The van der Waals surface area contributed by atoms with E-state index in [1.165, 1.54) is 0 Å². The van der Waals surface area contributed by atoms with Gasteiger partial charge in [-0.3, -0.25) is 4.79 Å². The number of fused-ring (bicyclic) bond motifs is 1. The number of morpholine rings is 1. The minimum atomic E-state index is 0.144. The van der Waals surface area contributed by atoms with Gasteiger partial charge in [-0.2, -0.15) is 4.98 Å². The molecule has 0 unspecified atom stereocenters. The van der Waals surface area contributed by atoms with Gasteiger partial charge >= 0.3 is 0 Å². The van der Waals surface area contributed by atoms with E-state index in [4.69, 9.17) is 4.74 Å². The third kappa shape index (κ3) is 3.13. The van der Waals surface area contributed by atoms with Crippen molar-refractivity contribution in [3.8, 4) is 0 Å². The molecule has 1 amide bonds. The van der Waals surface area contributed by atoms with Gasteiger partial charge < -0.3 is 15.0 Å². The van der Waals surface area contributed by atoms with E-state index < -0.39 is 0 Å². The number of carbonyl (C=O) groups is 1. The number of nitrogens with zero attached hydrogens (tertiary/aromatic N) is 4. The summed E-state index contributed by atoms with van der Waals surface area (Å²) in [5, 5.41) is 7.44. The van der Waals surface area contributed by atoms with Gasteiger partial charge in [0.1, 0.15) is 0 Å². The highest BCUT2D eigenvalue weighted by Gasteiger charge is 2.16. The lowest BCUT2D eigenvalue weighted by atomic mass is 10.3. The Kier molecular flexibility index (Phi) is 4.01. The third-order valence-electron chi connectivity index (χ3n) is 3.54. The molecule has 0 aliphatic carbocycles. The number of anilines is 1. The van der Waals surface area contributed by atoms with Gasteiger partial charge in [0.05, 0.1) is 13.2 Å². The molecule has 0 aromatic carbocycles. The average molecular weight is 289 g/mol. The van der Waals surface area contributed by atoms with Crippen molar-refractivity contribution in [2.75, 3.05) is 38.2 Å². The zero-order valence-corrected chi connectivity index (χ0v) is 12.1. The van der Waals surface area contributed by atoms with Crippen molar-refractivity contribution in [2.45, 2.75) is 13.3 Å². The van der Waals surface area contributed by atoms with E-state index in [-0.39, 0.29) is 5.91 Å². The highest BCUT2D eigenvalue weighted by molar-refractivity contribution is 5.76. The van der Waals surface area contributed by atoms with Gasteiger partial charge in [0.15, 0.2) is 5.65 Å². The Labute approximate surface area is 122 Å². The van der Waals surface area contributed by atoms with E-state index in [2.05, 4.69) is 15.4 Å². The molecule has 0 saturated carbocycles. The van der Waals surface area contributed by atoms with Crippen LogP contribution in [0.4, 0.5) is 5.95 Å². The van der Waals surface area contributed by atoms with Crippen LogP contribution in [0.5, 0.6) is 0 Å². The third-order valence-corrected chi connectivity index (χ3v) is 3.54. The van der Waals surface area contributed by atoms with Gasteiger partial charge in [-0.05, 0) is 18.6 Å². The van der Waals surface area contributed by atoms with Gasteiger partial charge in [0.2, 0.25) is 11.9 Å². The quantitative estimate of drug-likeness (QED) is 0.897. The van der Waals surface area contributed by atoms with Gasteiger partial charge in [0, 0.05) is 32.3 Å². The van der Waals surface area contributed by atoms with E-state index in [9.17, 15) is 4.79 Å². The van der Waals surface area contributed by atoms with Crippen LogP contribution in [0.3, 0.4) is 0 Å². The Balaban J connectivity index is 1.54. The van der Waals surface area contributed by atoms with Crippen molar-refractivity contribution in [3.05, 3.63) is 23.9 Å². The zero-order valence-electron chi connectivity index (χ0n) is 12.1. The normalized spacial score (nSPS) is 15.4. The number of ether oxygens (including phenoxy) is 1. The van der Waals surface area contributed by atoms with Gasteiger partial charge in [-0.1, -0.05) is 6.07 Å². The van der Waals surface area contributed by atoms with E-state index in [1.807, 2.05) is 30.2 Å². The number of rotatable bonds is 4. The summed E-state index contributed by atoms with van der Waals surface area (Å²) >= 11 is 0. The number of carbonyl (C=O) groups excluding carboxylic acids is 1. The zero-order chi connectivity index (χ0) is 14.7. The number of hydrogen-bond donors (Lipinski definition) is 1. The summed E-state index contributed by atoms with van der Waals surface area (Å²) in [6.45, 7) is 5.16. The van der Waals surface area contributed by atoms with Crippen LogP contribution in [0, 0.1) is 6.92 Å². The smallest absolute Gasteiger partial charge is 0.243 e. The average Bonchev–Trinajstić information content (AvgIpc) is 2.92. The number of nitrogens with one attached hydrogen (secondary N) is 1. The Hall–Kier alpha value is -2.15.